The highest BCUT2D eigenvalue weighted by atomic mass is 16.5. The molecule has 0 unspecified atom stereocenters. The third-order valence-corrected chi connectivity index (χ3v) is 1.60. The summed E-state index contributed by atoms with van der Waals surface area (Å²) >= 11 is 0. The highest BCUT2D eigenvalue weighted by Gasteiger charge is 2.10. The first-order chi connectivity index (χ1) is 6.27. The Labute approximate surface area is 74.2 Å². The lowest BCUT2D eigenvalue weighted by molar-refractivity contribution is 0.0995. The Kier molecular flexibility index (Phi) is 1.63. The molecule has 5 nitrogen and oxygen atoms in total. The second-order valence-electron chi connectivity index (χ2n) is 2.48. The fraction of sp³-hybridized carbons (Fsp3) is 0. The molecular weight excluding hydrogens is 170 g/mol. The van der Waals surface area contributed by atoms with Crippen LogP contribution in [0.4, 0.5) is 5.69 Å². The molecule has 0 bridgehead atoms. The zero-order chi connectivity index (χ0) is 9.26. The number of carbonyl (C=O) groups excluding carboxylic acids is 1. The monoisotopic (exact) mass is 177 g/mol. The molecule has 3 N–H and O–H groups in total. The Balaban J connectivity index is 2.44. The summed E-state index contributed by atoms with van der Waals surface area (Å²) in [6.45, 7) is 0. The average Bonchev–Trinajstić information content (AvgIpc) is 2.17. The first kappa shape index (κ1) is 7.60. The molecule has 0 aliphatic carbocycles. The summed E-state index contributed by atoms with van der Waals surface area (Å²) in [7, 11) is 0. The minimum Gasteiger partial charge on any atom is -0.443 e. The predicted octanol–water partition coefficient (Wildman–Crippen LogP) is 0.456. The van der Waals surface area contributed by atoms with Crippen LogP contribution in [0.5, 0.6) is 5.88 Å². The number of hydrogen-bond acceptors (Lipinski definition) is 4. The quantitative estimate of drug-likeness (QED) is 0.653. The lowest BCUT2D eigenvalue weighted by Gasteiger charge is -2.11. The van der Waals surface area contributed by atoms with Gasteiger partial charge >= 0.3 is 0 Å². The largest absolute Gasteiger partial charge is 0.443 e. The van der Waals surface area contributed by atoms with Gasteiger partial charge in [0, 0.05) is 6.20 Å². The fourth-order valence-electron chi connectivity index (χ4n) is 1.000. The number of nitrogens with two attached hydrogens (primary N) is 1. The van der Waals surface area contributed by atoms with Crippen LogP contribution >= 0.6 is 0 Å². The number of pyridine rings is 1. The van der Waals surface area contributed by atoms with Gasteiger partial charge in [-0.15, -0.1) is 0 Å². The van der Waals surface area contributed by atoms with Crippen molar-refractivity contribution in [3.8, 4) is 5.88 Å². The van der Waals surface area contributed by atoms with Crippen LogP contribution in [-0.2, 0) is 0 Å². The molecule has 0 spiro atoms. The normalized spacial score (nSPS) is 12.6. The van der Waals surface area contributed by atoms with Crippen LogP contribution in [0, 0.1) is 0 Å². The van der Waals surface area contributed by atoms with Gasteiger partial charge in [0.05, 0.1) is 0 Å². The van der Waals surface area contributed by atoms with Gasteiger partial charge in [0.25, 0.3) is 5.91 Å². The lowest BCUT2D eigenvalue weighted by Crippen LogP contribution is -2.14. The van der Waals surface area contributed by atoms with Crippen molar-refractivity contribution in [3.63, 3.8) is 0 Å². The van der Waals surface area contributed by atoms with Crippen LogP contribution in [0.3, 0.4) is 0 Å². The molecule has 1 aromatic rings. The van der Waals surface area contributed by atoms with Crippen molar-refractivity contribution in [1.82, 2.24) is 4.98 Å². The van der Waals surface area contributed by atoms with Crippen molar-refractivity contribution in [1.29, 1.82) is 0 Å². The Bertz CT molecular complexity index is 387. The van der Waals surface area contributed by atoms with Crippen molar-refractivity contribution in [3.05, 3.63) is 30.3 Å². The van der Waals surface area contributed by atoms with E-state index in [0.717, 1.165) is 0 Å². The van der Waals surface area contributed by atoms with Gasteiger partial charge in [-0.3, -0.25) is 4.79 Å². The summed E-state index contributed by atoms with van der Waals surface area (Å²) in [5.41, 5.74) is 5.96. The summed E-state index contributed by atoms with van der Waals surface area (Å²) in [4.78, 5) is 14.7. The number of rotatable bonds is 1. The molecule has 1 aliphatic rings. The minimum absolute atomic E-state index is 0.191. The fourth-order valence-corrected chi connectivity index (χ4v) is 1.000. The van der Waals surface area contributed by atoms with E-state index in [2.05, 4.69) is 10.3 Å². The molecule has 0 saturated heterocycles. The van der Waals surface area contributed by atoms with Gasteiger partial charge in [-0.05, 0) is 12.1 Å². The molecule has 1 aliphatic heterocycles. The Morgan fingerprint density at radius 1 is 1.54 bits per heavy atom. The SMILES string of the molecule is NC(=O)c1ccc2c(n1)OC=CN2. The Hall–Kier alpha value is -2.04. The molecule has 2 heterocycles. The lowest BCUT2D eigenvalue weighted by atomic mass is 10.3. The topological polar surface area (TPSA) is 77.2 Å². The molecular formula is C8H7N3O2. The summed E-state index contributed by atoms with van der Waals surface area (Å²) < 4.78 is 5.05. The van der Waals surface area contributed by atoms with Crippen LogP contribution in [0.1, 0.15) is 10.5 Å². The Morgan fingerprint density at radius 2 is 2.38 bits per heavy atom. The number of nitrogens with one attached hydrogen (secondary N) is 1. The summed E-state index contributed by atoms with van der Waals surface area (Å²) in [6.07, 6.45) is 3.08. The van der Waals surface area contributed by atoms with E-state index in [9.17, 15) is 4.79 Å². The van der Waals surface area contributed by atoms with Crippen molar-refractivity contribution in [2.24, 2.45) is 5.73 Å². The molecule has 0 saturated carbocycles. The third kappa shape index (κ3) is 1.31. The number of fused-ring (bicyclic) bond motifs is 1. The van der Waals surface area contributed by atoms with Gasteiger partial charge in [-0.25, -0.2) is 4.98 Å². The van der Waals surface area contributed by atoms with Crippen LogP contribution in [0.25, 0.3) is 0 Å². The first-order valence-electron chi connectivity index (χ1n) is 3.66. The van der Waals surface area contributed by atoms with Gasteiger partial charge in [-0.2, -0.15) is 0 Å². The number of carbonyl (C=O) groups is 1. The van der Waals surface area contributed by atoms with E-state index in [1.54, 1.807) is 12.3 Å². The van der Waals surface area contributed by atoms with Gasteiger partial charge in [0.15, 0.2) is 0 Å². The van der Waals surface area contributed by atoms with Gasteiger partial charge < -0.3 is 15.8 Å². The number of amides is 1. The van der Waals surface area contributed by atoms with E-state index in [1.165, 1.54) is 12.3 Å². The van der Waals surface area contributed by atoms with Crippen molar-refractivity contribution >= 4 is 11.6 Å². The highest BCUT2D eigenvalue weighted by Crippen LogP contribution is 2.24. The number of aromatic nitrogens is 1. The van der Waals surface area contributed by atoms with Crippen molar-refractivity contribution in [2.45, 2.75) is 0 Å². The maximum absolute atomic E-state index is 10.8. The first-order valence-corrected chi connectivity index (χ1v) is 3.66. The average molecular weight is 177 g/mol. The maximum Gasteiger partial charge on any atom is 0.267 e. The maximum atomic E-state index is 10.8. The Morgan fingerprint density at radius 3 is 3.15 bits per heavy atom. The zero-order valence-electron chi connectivity index (χ0n) is 6.65. The van der Waals surface area contributed by atoms with Crippen LogP contribution in [0.2, 0.25) is 0 Å². The molecule has 1 amide bonds. The minimum atomic E-state index is -0.569. The van der Waals surface area contributed by atoms with E-state index >= 15 is 0 Å². The molecule has 0 aromatic carbocycles. The van der Waals surface area contributed by atoms with Crippen LogP contribution in [0.15, 0.2) is 24.6 Å². The smallest absolute Gasteiger partial charge is 0.267 e. The zero-order valence-corrected chi connectivity index (χ0v) is 6.65. The van der Waals surface area contributed by atoms with Crippen LogP contribution in [-0.4, -0.2) is 10.9 Å². The summed E-state index contributed by atoms with van der Waals surface area (Å²) in [5.74, 6) is -0.209. The molecule has 5 heteroatoms. The second kappa shape index (κ2) is 2.78. The van der Waals surface area contributed by atoms with Crippen molar-refractivity contribution < 1.29 is 9.53 Å². The number of primary amides is 1. The number of anilines is 1. The number of hydrogen-bond donors (Lipinski definition) is 2. The van der Waals surface area contributed by atoms with Crippen molar-refractivity contribution in [2.75, 3.05) is 5.32 Å². The van der Waals surface area contributed by atoms with E-state index in [0.29, 0.717) is 11.6 Å². The number of nitrogens with zero attached hydrogens (tertiary/aromatic N) is 1. The predicted molar refractivity (Wildman–Crippen MR) is 46.1 cm³/mol. The molecule has 0 atom stereocenters. The van der Waals surface area contributed by atoms with Gasteiger partial charge in [0.2, 0.25) is 5.88 Å². The van der Waals surface area contributed by atoms with E-state index in [4.69, 9.17) is 10.5 Å². The standard InChI is InChI=1S/C8H7N3O2/c9-7(12)5-1-2-6-8(11-5)13-4-3-10-6/h1-4,10H,(H2,9,12). The molecule has 66 valence electrons. The van der Waals surface area contributed by atoms with Gasteiger partial charge in [-0.1, -0.05) is 0 Å². The van der Waals surface area contributed by atoms with E-state index in [-0.39, 0.29) is 5.69 Å². The highest BCUT2D eigenvalue weighted by molar-refractivity contribution is 5.91. The van der Waals surface area contributed by atoms with Crippen LogP contribution < -0.4 is 15.8 Å². The molecule has 0 radical (unpaired) electrons. The molecule has 0 fully saturated rings. The summed E-state index contributed by atoms with van der Waals surface area (Å²) in [5, 5.41) is 2.91. The van der Waals surface area contributed by atoms with E-state index in [1.807, 2.05) is 0 Å². The van der Waals surface area contributed by atoms with Gasteiger partial charge in [0.1, 0.15) is 17.6 Å². The molecule has 13 heavy (non-hydrogen) atoms. The number of ether oxygens (including phenoxy) is 1. The van der Waals surface area contributed by atoms with E-state index < -0.39 is 5.91 Å². The second-order valence-corrected chi connectivity index (χ2v) is 2.48. The molecule has 2 rings (SSSR count). The molecule has 1 aromatic heterocycles. The third-order valence-electron chi connectivity index (χ3n) is 1.60. The summed E-state index contributed by atoms with van der Waals surface area (Å²) in [6, 6.07) is 3.22.